The molecule has 0 bridgehead atoms. The molecule has 0 atom stereocenters. The SMILES string of the molecule is CCOC(=O)CNC(=O)C=Cc1ccc(Cl)cc1. The Balaban J connectivity index is 2.40. The van der Waals surface area contributed by atoms with Gasteiger partial charge in [-0.05, 0) is 30.7 Å². The van der Waals surface area contributed by atoms with Gasteiger partial charge in [-0.15, -0.1) is 0 Å². The van der Waals surface area contributed by atoms with Gasteiger partial charge in [-0.2, -0.15) is 0 Å². The second-order valence-corrected chi connectivity index (χ2v) is 3.84. The molecule has 0 aliphatic carbocycles. The molecule has 0 saturated heterocycles. The number of amides is 1. The quantitative estimate of drug-likeness (QED) is 0.656. The molecule has 96 valence electrons. The van der Waals surface area contributed by atoms with Crippen molar-refractivity contribution >= 4 is 29.6 Å². The fourth-order valence-corrected chi connectivity index (χ4v) is 1.30. The van der Waals surface area contributed by atoms with E-state index in [0.717, 1.165) is 5.56 Å². The zero-order chi connectivity index (χ0) is 13.4. The number of rotatable bonds is 5. The minimum absolute atomic E-state index is 0.127. The van der Waals surface area contributed by atoms with Crippen LogP contribution in [0.5, 0.6) is 0 Å². The average molecular weight is 268 g/mol. The Morgan fingerprint density at radius 2 is 2.00 bits per heavy atom. The number of carbonyl (C=O) groups is 2. The molecule has 4 nitrogen and oxygen atoms in total. The van der Waals surface area contributed by atoms with E-state index in [1.165, 1.54) is 6.08 Å². The van der Waals surface area contributed by atoms with Gasteiger partial charge in [0.05, 0.1) is 6.61 Å². The van der Waals surface area contributed by atoms with E-state index in [1.54, 1.807) is 37.3 Å². The van der Waals surface area contributed by atoms with Crippen LogP contribution in [0, 0.1) is 0 Å². The lowest BCUT2D eigenvalue weighted by Gasteiger charge is -2.01. The maximum absolute atomic E-state index is 11.4. The van der Waals surface area contributed by atoms with Crippen molar-refractivity contribution in [1.29, 1.82) is 0 Å². The first-order chi connectivity index (χ1) is 8.61. The second-order valence-electron chi connectivity index (χ2n) is 3.41. The summed E-state index contributed by atoms with van der Waals surface area (Å²) in [5.41, 5.74) is 0.852. The topological polar surface area (TPSA) is 55.4 Å². The van der Waals surface area contributed by atoms with Crippen molar-refractivity contribution in [2.45, 2.75) is 6.92 Å². The molecule has 0 heterocycles. The lowest BCUT2D eigenvalue weighted by atomic mass is 10.2. The highest BCUT2D eigenvalue weighted by Crippen LogP contribution is 2.10. The summed E-state index contributed by atoms with van der Waals surface area (Å²) < 4.78 is 4.68. The summed E-state index contributed by atoms with van der Waals surface area (Å²) >= 11 is 5.73. The molecule has 18 heavy (non-hydrogen) atoms. The van der Waals surface area contributed by atoms with Crippen LogP contribution in [0.3, 0.4) is 0 Å². The number of ether oxygens (including phenoxy) is 1. The Morgan fingerprint density at radius 3 is 2.61 bits per heavy atom. The van der Waals surface area contributed by atoms with Crippen molar-refractivity contribution in [1.82, 2.24) is 5.32 Å². The van der Waals surface area contributed by atoms with Crippen molar-refractivity contribution in [2.24, 2.45) is 0 Å². The smallest absolute Gasteiger partial charge is 0.325 e. The molecular formula is C13H14ClNO3. The molecule has 1 aromatic carbocycles. The predicted molar refractivity (Wildman–Crippen MR) is 70.1 cm³/mol. The van der Waals surface area contributed by atoms with Crippen LogP contribution in [0.15, 0.2) is 30.3 Å². The van der Waals surface area contributed by atoms with E-state index < -0.39 is 5.97 Å². The van der Waals surface area contributed by atoms with E-state index in [0.29, 0.717) is 11.6 Å². The van der Waals surface area contributed by atoms with Gasteiger partial charge in [-0.25, -0.2) is 0 Å². The molecule has 1 aromatic rings. The van der Waals surface area contributed by atoms with Crippen LogP contribution < -0.4 is 5.32 Å². The van der Waals surface area contributed by atoms with Crippen molar-refractivity contribution in [3.63, 3.8) is 0 Å². The number of nitrogens with one attached hydrogen (secondary N) is 1. The fourth-order valence-electron chi connectivity index (χ4n) is 1.18. The summed E-state index contributed by atoms with van der Waals surface area (Å²) in [6.45, 7) is 1.88. The molecule has 1 rings (SSSR count). The third-order valence-corrected chi connectivity index (χ3v) is 2.26. The lowest BCUT2D eigenvalue weighted by Crippen LogP contribution is -2.29. The number of benzene rings is 1. The second kappa shape index (κ2) is 7.50. The number of carbonyl (C=O) groups excluding carboxylic acids is 2. The summed E-state index contributed by atoms with van der Waals surface area (Å²) in [4.78, 5) is 22.3. The first-order valence-corrected chi connectivity index (χ1v) is 5.86. The number of hydrogen-bond donors (Lipinski definition) is 1. The molecule has 0 spiro atoms. The van der Waals surface area contributed by atoms with Crippen LogP contribution in [0.1, 0.15) is 12.5 Å². The van der Waals surface area contributed by atoms with Crippen molar-refractivity contribution < 1.29 is 14.3 Å². The zero-order valence-electron chi connectivity index (χ0n) is 9.98. The van der Waals surface area contributed by atoms with Gasteiger partial charge >= 0.3 is 5.97 Å². The maximum atomic E-state index is 11.4. The summed E-state index contributed by atoms with van der Waals surface area (Å²) in [7, 11) is 0. The molecule has 0 unspecified atom stereocenters. The zero-order valence-corrected chi connectivity index (χ0v) is 10.7. The molecular weight excluding hydrogens is 254 g/mol. The highest BCUT2D eigenvalue weighted by atomic mass is 35.5. The Bertz CT molecular complexity index is 440. The summed E-state index contributed by atoms with van der Waals surface area (Å²) in [6, 6.07) is 7.05. The van der Waals surface area contributed by atoms with Crippen LogP contribution in [-0.4, -0.2) is 25.0 Å². The van der Waals surface area contributed by atoms with Crippen LogP contribution >= 0.6 is 11.6 Å². The molecule has 0 saturated carbocycles. The molecule has 0 aromatic heterocycles. The highest BCUT2D eigenvalue weighted by molar-refractivity contribution is 6.30. The third-order valence-electron chi connectivity index (χ3n) is 2.01. The Labute approximate surface area is 111 Å². The minimum Gasteiger partial charge on any atom is -0.465 e. The number of halogens is 1. The Kier molecular flexibility index (Phi) is 5.94. The Morgan fingerprint density at radius 1 is 1.33 bits per heavy atom. The summed E-state index contributed by atoms with van der Waals surface area (Å²) in [5, 5.41) is 3.06. The van der Waals surface area contributed by atoms with Crippen LogP contribution in [0.2, 0.25) is 5.02 Å². The summed E-state index contributed by atoms with van der Waals surface area (Å²) in [5.74, 6) is -0.802. The van der Waals surface area contributed by atoms with Gasteiger partial charge < -0.3 is 10.1 Å². The highest BCUT2D eigenvalue weighted by Gasteiger charge is 2.02. The van der Waals surface area contributed by atoms with Crippen molar-refractivity contribution in [2.75, 3.05) is 13.2 Å². The molecule has 0 fully saturated rings. The third kappa shape index (κ3) is 5.50. The normalized spacial score (nSPS) is 10.3. The predicted octanol–water partition coefficient (Wildman–Crippen LogP) is 2.03. The molecule has 0 radical (unpaired) electrons. The van der Waals surface area contributed by atoms with Gasteiger partial charge in [-0.3, -0.25) is 9.59 Å². The first kappa shape index (κ1) is 14.3. The lowest BCUT2D eigenvalue weighted by molar-refractivity contribution is -0.143. The minimum atomic E-state index is -0.453. The standard InChI is InChI=1S/C13H14ClNO3/c1-2-18-13(17)9-15-12(16)8-5-10-3-6-11(14)7-4-10/h3-8H,2,9H2,1H3,(H,15,16). The number of esters is 1. The van der Waals surface area contributed by atoms with Crippen LogP contribution in [0.4, 0.5) is 0 Å². The van der Waals surface area contributed by atoms with E-state index in [9.17, 15) is 9.59 Å². The van der Waals surface area contributed by atoms with Gasteiger partial charge in [0.1, 0.15) is 6.54 Å². The van der Waals surface area contributed by atoms with E-state index in [4.69, 9.17) is 11.6 Å². The van der Waals surface area contributed by atoms with E-state index >= 15 is 0 Å². The molecule has 0 aliphatic rings. The molecule has 1 N–H and O–H groups in total. The molecule has 1 amide bonds. The van der Waals surface area contributed by atoms with Gasteiger partial charge in [0.2, 0.25) is 5.91 Å². The Hall–Kier alpha value is -1.81. The number of hydrogen-bond acceptors (Lipinski definition) is 3. The van der Waals surface area contributed by atoms with Gasteiger partial charge in [0, 0.05) is 11.1 Å². The van der Waals surface area contributed by atoms with Crippen LogP contribution in [-0.2, 0) is 14.3 Å². The maximum Gasteiger partial charge on any atom is 0.325 e. The largest absolute Gasteiger partial charge is 0.465 e. The van der Waals surface area contributed by atoms with Gasteiger partial charge in [0.15, 0.2) is 0 Å². The van der Waals surface area contributed by atoms with Crippen molar-refractivity contribution in [3.05, 3.63) is 40.9 Å². The van der Waals surface area contributed by atoms with Crippen molar-refractivity contribution in [3.8, 4) is 0 Å². The summed E-state index contributed by atoms with van der Waals surface area (Å²) in [6.07, 6.45) is 2.99. The molecule has 5 heteroatoms. The average Bonchev–Trinajstić information content (AvgIpc) is 2.36. The fraction of sp³-hybridized carbons (Fsp3) is 0.231. The van der Waals surface area contributed by atoms with E-state index in [1.807, 2.05) is 0 Å². The van der Waals surface area contributed by atoms with Gasteiger partial charge in [0.25, 0.3) is 0 Å². The molecule has 0 aliphatic heterocycles. The monoisotopic (exact) mass is 267 g/mol. The van der Waals surface area contributed by atoms with E-state index in [2.05, 4.69) is 10.1 Å². The van der Waals surface area contributed by atoms with Crippen LogP contribution in [0.25, 0.3) is 6.08 Å². The first-order valence-electron chi connectivity index (χ1n) is 5.49. The van der Waals surface area contributed by atoms with E-state index in [-0.39, 0.29) is 12.5 Å². The van der Waals surface area contributed by atoms with Gasteiger partial charge in [-0.1, -0.05) is 23.7 Å².